The molecule has 2 aromatic rings. The first-order valence-electron chi connectivity index (χ1n) is 8.10. The van der Waals surface area contributed by atoms with E-state index in [9.17, 15) is 4.79 Å². The van der Waals surface area contributed by atoms with Crippen LogP contribution in [0.25, 0.3) is 0 Å². The lowest BCUT2D eigenvalue weighted by Crippen LogP contribution is -2.21. The second kappa shape index (κ2) is 8.82. The quantitative estimate of drug-likeness (QED) is 0.771. The number of hydrogen-bond donors (Lipinski definition) is 2. The van der Waals surface area contributed by atoms with Gasteiger partial charge in [-0.2, -0.15) is 0 Å². The number of carbonyl (C=O) groups excluding carboxylic acids is 1. The molecular weight excluding hydrogens is 304 g/mol. The Balaban J connectivity index is 1.83. The van der Waals surface area contributed by atoms with Crippen LogP contribution in [0.3, 0.4) is 0 Å². The molecule has 0 saturated heterocycles. The average molecular weight is 328 g/mol. The zero-order valence-electron chi connectivity index (χ0n) is 14.3. The fraction of sp³-hybridized carbons (Fsp3) is 0.316. The molecule has 5 nitrogen and oxygen atoms in total. The summed E-state index contributed by atoms with van der Waals surface area (Å²) in [5.74, 6) is 1.45. The molecular formula is C19H24N2O3. The highest BCUT2D eigenvalue weighted by atomic mass is 16.5. The van der Waals surface area contributed by atoms with Gasteiger partial charge in [-0.3, -0.25) is 4.79 Å². The van der Waals surface area contributed by atoms with Crippen LogP contribution in [-0.4, -0.2) is 25.2 Å². The molecule has 0 aromatic heterocycles. The predicted octanol–water partition coefficient (Wildman–Crippen LogP) is 3.92. The number of carbonyl (C=O) groups is 1. The van der Waals surface area contributed by atoms with Gasteiger partial charge >= 0.3 is 0 Å². The highest BCUT2D eigenvalue weighted by Crippen LogP contribution is 2.18. The second-order valence-corrected chi connectivity index (χ2v) is 5.55. The molecule has 0 bridgehead atoms. The van der Waals surface area contributed by atoms with E-state index in [-0.39, 0.29) is 18.6 Å². The van der Waals surface area contributed by atoms with Gasteiger partial charge in [-0.25, -0.2) is 0 Å². The highest BCUT2D eigenvalue weighted by molar-refractivity contribution is 5.93. The van der Waals surface area contributed by atoms with Gasteiger partial charge in [0.15, 0.2) is 0 Å². The third-order valence-corrected chi connectivity index (χ3v) is 3.11. The second-order valence-electron chi connectivity index (χ2n) is 5.55. The molecule has 0 radical (unpaired) electrons. The molecule has 24 heavy (non-hydrogen) atoms. The average Bonchev–Trinajstić information content (AvgIpc) is 2.55. The van der Waals surface area contributed by atoms with E-state index in [1.54, 1.807) is 0 Å². The van der Waals surface area contributed by atoms with Crippen LogP contribution in [0.5, 0.6) is 11.5 Å². The zero-order valence-corrected chi connectivity index (χ0v) is 14.3. The number of benzene rings is 2. The molecule has 0 unspecified atom stereocenters. The molecule has 0 atom stereocenters. The van der Waals surface area contributed by atoms with E-state index < -0.39 is 0 Å². The molecule has 0 fully saturated rings. The van der Waals surface area contributed by atoms with Gasteiger partial charge in [0.05, 0.1) is 19.3 Å². The van der Waals surface area contributed by atoms with E-state index in [4.69, 9.17) is 9.47 Å². The number of ether oxygens (including phenoxy) is 2. The number of hydrogen-bond acceptors (Lipinski definition) is 4. The van der Waals surface area contributed by atoms with E-state index in [1.165, 1.54) is 0 Å². The number of nitrogens with one attached hydrogen (secondary N) is 2. The molecule has 0 aliphatic carbocycles. The van der Waals surface area contributed by atoms with E-state index in [1.807, 2.05) is 69.3 Å². The van der Waals surface area contributed by atoms with E-state index in [0.29, 0.717) is 6.61 Å². The maximum atomic E-state index is 12.0. The van der Waals surface area contributed by atoms with Crippen LogP contribution < -0.4 is 20.1 Å². The topological polar surface area (TPSA) is 59.6 Å². The Kier molecular flexibility index (Phi) is 6.49. The lowest BCUT2D eigenvalue weighted by molar-refractivity contribution is -0.114. The Bertz CT molecular complexity index is 654. The van der Waals surface area contributed by atoms with Crippen molar-refractivity contribution < 1.29 is 14.3 Å². The first-order chi connectivity index (χ1) is 11.6. The maximum Gasteiger partial charge on any atom is 0.243 e. The van der Waals surface area contributed by atoms with Crippen LogP contribution in [0, 0.1) is 0 Å². The summed E-state index contributed by atoms with van der Waals surface area (Å²) < 4.78 is 11.0. The summed E-state index contributed by atoms with van der Waals surface area (Å²) in [5, 5.41) is 5.93. The van der Waals surface area contributed by atoms with Gasteiger partial charge in [-0.05, 0) is 57.2 Å². The zero-order chi connectivity index (χ0) is 17.4. The lowest BCUT2D eigenvalue weighted by atomic mass is 10.3. The molecule has 5 heteroatoms. The van der Waals surface area contributed by atoms with Crippen molar-refractivity contribution in [1.82, 2.24) is 0 Å². The fourth-order valence-electron chi connectivity index (χ4n) is 2.14. The fourth-order valence-corrected chi connectivity index (χ4v) is 2.14. The van der Waals surface area contributed by atoms with E-state index in [0.717, 1.165) is 22.9 Å². The molecule has 1 amide bonds. The Morgan fingerprint density at radius 2 is 1.79 bits per heavy atom. The van der Waals surface area contributed by atoms with Crippen molar-refractivity contribution in [1.29, 1.82) is 0 Å². The largest absolute Gasteiger partial charge is 0.494 e. The summed E-state index contributed by atoms with van der Waals surface area (Å²) in [5.41, 5.74) is 1.58. The standard InChI is InChI=1S/C19H24N2O3/c1-4-23-18-7-5-6-16(12-18)20-13-19(22)21-15-8-10-17(11-9-15)24-14(2)3/h5-12,14,20H,4,13H2,1-3H3,(H,21,22). The first-order valence-corrected chi connectivity index (χ1v) is 8.10. The third kappa shape index (κ3) is 5.83. The Morgan fingerprint density at radius 1 is 1.04 bits per heavy atom. The van der Waals surface area contributed by atoms with Crippen molar-refractivity contribution in [3.8, 4) is 11.5 Å². The Hall–Kier alpha value is -2.69. The summed E-state index contributed by atoms with van der Waals surface area (Å²) >= 11 is 0. The minimum Gasteiger partial charge on any atom is -0.494 e. The van der Waals surface area contributed by atoms with Crippen LogP contribution in [0.2, 0.25) is 0 Å². The number of anilines is 2. The smallest absolute Gasteiger partial charge is 0.243 e. The molecule has 0 aliphatic rings. The summed E-state index contributed by atoms with van der Waals surface area (Å²) in [6.45, 7) is 6.68. The van der Waals surface area contributed by atoms with Crippen molar-refractivity contribution in [2.75, 3.05) is 23.8 Å². The lowest BCUT2D eigenvalue weighted by Gasteiger charge is -2.11. The molecule has 0 spiro atoms. The van der Waals surface area contributed by atoms with Crippen molar-refractivity contribution in [2.24, 2.45) is 0 Å². The van der Waals surface area contributed by atoms with E-state index in [2.05, 4.69) is 10.6 Å². The van der Waals surface area contributed by atoms with Gasteiger partial charge in [-0.1, -0.05) is 6.07 Å². The minimum absolute atomic E-state index is 0.116. The molecule has 2 N–H and O–H groups in total. The van der Waals surface area contributed by atoms with Crippen LogP contribution in [-0.2, 0) is 4.79 Å². The summed E-state index contributed by atoms with van der Waals surface area (Å²) in [4.78, 5) is 12.0. The Morgan fingerprint density at radius 3 is 2.46 bits per heavy atom. The van der Waals surface area contributed by atoms with Gasteiger partial charge in [0, 0.05) is 17.4 Å². The van der Waals surface area contributed by atoms with Crippen molar-refractivity contribution in [3.63, 3.8) is 0 Å². The maximum absolute atomic E-state index is 12.0. The van der Waals surface area contributed by atoms with Gasteiger partial charge in [0.25, 0.3) is 0 Å². The predicted molar refractivity (Wildman–Crippen MR) is 96.9 cm³/mol. The van der Waals surface area contributed by atoms with Crippen molar-refractivity contribution >= 4 is 17.3 Å². The third-order valence-electron chi connectivity index (χ3n) is 3.11. The molecule has 0 heterocycles. The summed E-state index contributed by atoms with van der Waals surface area (Å²) in [6, 6.07) is 14.9. The molecule has 2 aromatic carbocycles. The van der Waals surface area contributed by atoms with Crippen molar-refractivity contribution in [3.05, 3.63) is 48.5 Å². The molecule has 128 valence electrons. The van der Waals surface area contributed by atoms with Crippen molar-refractivity contribution in [2.45, 2.75) is 26.9 Å². The first kappa shape index (κ1) is 17.7. The van der Waals surface area contributed by atoms with Gasteiger partial charge in [0.1, 0.15) is 11.5 Å². The SMILES string of the molecule is CCOc1cccc(NCC(=O)Nc2ccc(OC(C)C)cc2)c1. The van der Waals surface area contributed by atoms with Crippen LogP contribution in [0.4, 0.5) is 11.4 Å². The minimum atomic E-state index is -0.116. The molecule has 0 saturated carbocycles. The van der Waals surface area contributed by atoms with Gasteiger partial charge < -0.3 is 20.1 Å². The van der Waals surface area contributed by atoms with Crippen LogP contribution in [0.1, 0.15) is 20.8 Å². The molecule has 0 aliphatic heterocycles. The van der Waals surface area contributed by atoms with Gasteiger partial charge in [0.2, 0.25) is 5.91 Å². The van der Waals surface area contributed by atoms with Crippen LogP contribution in [0.15, 0.2) is 48.5 Å². The van der Waals surface area contributed by atoms with Gasteiger partial charge in [-0.15, -0.1) is 0 Å². The Labute approximate surface area is 143 Å². The monoisotopic (exact) mass is 328 g/mol. The highest BCUT2D eigenvalue weighted by Gasteiger charge is 2.04. The summed E-state index contributed by atoms with van der Waals surface area (Å²) in [6.07, 6.45) is 0.127. The number of rotatable bonds is 8. The summed E-state index contributed by atoms with van der Waals surface area (Å²) in [7, 11) is 0. The molecule has 2 rings (SSSR count). The number of amides is 1. The van der Waals surface area contributed by atoms with Crippen LogP contribution >= 0.6 is 0 Å². The van der Waals surface area contributed by atoms with E-state index >= 15 is 0 Å². The normalized spacial score (nSPS) is 10.3.